The van der Waals surface area contributed by atoms with Gasteiger partial charge in [-0.3, -0.25) is 0 Å². The number of fused-ring (bicyclic) bond motifs is 2. The summed E-state index contributed by atoms with van der Waals surface area (Å²) in [6, 6.07) is 21.8. The van der Waals surface area contributed by atoms with Gasteiger partial charge in [-0.05, 0) is 54.3 Å². The molecule has 5 rings (SSSR count). The van der Waals surface area contributed by atoms with Crippen LogP contribution in [0.15, 0.2) is 81.1 Å². The van der Waals surface area contributed by atoms with Crippen LogP contribution in [0, 0.1) is 13.8 Å². The first-order valence-electron chi connectivity index (χ1n) is 10.3. The molecule has 0 aliphatic heterocycles. The lowest BCUT2D eigenvalue weighted by atomic mass is 10.0. The van der Waals surface area contributed by atoms with Crippen molar-refractivity contribution in [3.63, 3.8) is 0 Å². The average molecular weight is 461 g/mol. The lowest BCUT2D eigenvalue weighted by Gasteiger charge is -2.11. The lowest BCUT2D eigenvalue weighted by Crippen LogP contribution is -2.03. The molecule has 0 bridgehead atoms. The van der Waals surface area contributed by atoms with Crippen molar-refractivity contribution < 1.29 is 4.42 Å². The van der Waals surface area contributed by atoms with E-state index >= 15 is 0 Å². The number of aryl methyl sites for hydroxylation is 2. The summed E-state index contributed by atoms with van der Waals surface area (Å²) in [6.45, 7) is 4.71. The Morgan fingerprint density at radius 2 is 1.84 bits per heavy atom. The Balaban J connectivity index is 1.55. The molecule has 0 aliphatic carbocycles. The number of imidazole rings is 1. The number of nitrogens with zero attached hydrogens (tertiary/aromatic N) is 2. The van der Waals surface area contributed by atoms with Crippen molar-refractivity contribution in [3.8, 4) is 0 Å². The van der Waals surface area contributed by atoms with Gasteiger partial charge in [0, 0.05) is 22.2 Å². The molecule has 0 fully saturated rings. The highest BCUT2D eigenvalue weighted by atomic mass is 35.5. The molecule has 0 radical (unpaired) electrons. The maximum atomic E-state index is 12.3. The molecule has 160 valence electrons. The van der Waals surface area contributed by atoms with E-state index in [2.05, 4.69) is 22.8 Å². The minimum Gasteiger partial charge on any atom is -0.422 e. The van der Waals surface area contributed by atoms with E-state index in [9.17, 15) is 4.79 Å². The summed E-state index contributed by atoms with van der Waals surface area (Å²) in [4.78, 5) is 17.1. The van der Waals surface area contributed by atoms with E-state index in [0.29, 0.717) is 22.9 Å². The monoisotopic (exact) mass is 460 g/mol. The normalized spacial score (nSPS) is 11.5. The molecule has 0 saturated carbocycles. The number of benzene rings is 3. The van der Waals surface area contributed by atoms with Crippen LogP contribution in [0.1, 0.15) is 22.3 Å². The fraction of sp³-hybridized carbons (Fsp3) is 0.154. The quantitative estimate of drug-likeness (QED) is 0.215. The van der Waals surface area contributed by atoms with Crippen molar-refractivity contribution >= 4 is 45.4 Å². The summed E-state index contributed by atoms with van der Waals surface area (Å²) in [6.07, 6.45) is 0. The zero-order valence-electron chi connectivity index (χ0n) is 17.8. The zero-order chi connectivity index (χ0) is 22.2. The maximum Gasteiger partial charge on any atom is 0.336 e. The van der Waals surface area contributed by atoms with Gasteiger partial charge < -0.3 is 8.98 Å². The molecule has 32 heavy (non-hydrogen) atoms. The van der Waals surface area contributed by atoms with Crippen LogP contribution in [0.4, 0.5) is 0 Å². The van der Waals surface area contributed by atoms with Crippen LogP contribution in [-0.4, -0.2) is 9.55 Å². The SMILES string of the molecule is Cc1ccc2c(CSc3nc4cc(Cl)ccc4n3Cc3ccccc3)cc(=O)oc2c1C. The summed E-state index contributed by atoms with van der Waals surface area (Å²) < 4.78 is 7.73. The minimum atomic E-state index is -0.327. The first kappa shape index (κ1) is 20.9. The first-order valence-corrected chi connectivity index (χ1v) is 11.7. The second-order valence-electron chi connectivity index (χ2n) is 7.86. The summed E-state index contributed by atoms with van der Waals surface area (Å²) in [5.74, 6) is 0.608. The van der Waals surface area contributed by atoms with Crippen molar-refractivity contribution in [2.75, 3.05) is 0 Å². The first-order chi connectivity index (χ1) is 15.5. The molecule has 0 aliphatic rings. The fourth-order valence-electron chi connectivity index (χ4n) is 3.90. The van der Waals surface area contributed by atoms with E-state index in [1.165, 1.54) is 5.56 Å². The third-order valence-corrected chi connectivity index (χ3v) is 6.99. The van der Waals surface area contributed by atoms with Crippen molar-refractivity contribution in [3.05, 3.63) is 104 Å². The van der Waals surface area contributed by atoms with Gasteiger partial charge in [-0.25, -0.2) is 9.78 Å². The second kappa shape index (κ2) is 8.49. The molecule has 0 spiro atoms. The fourth-order valence-corrected chi connectivity index (χ4v) is 5.07. The van der Waals surface area contributed by atoms with Crippen LogP contribution in [0.5, 0.6) is 0 Å². The average Bonchev–Trinajstić information content (AvgIpc) is 3.12. The Hall–Kier alpha value is -3.02. The van der Waals surface area contributed by atoms with Gasteiger partial charge in [0.1, 0.15) is 5.58 Å². The van der Waals surface area contributed by atoms with Crippen molar-refractivity contribution in [1.82, 2.24) is 9.55 Å². The maximum absolute atomic E-state index is 12.3. The Kier molecular flexibility index (Phi) is 5.53. The highest BCUT2D eigenvalue weighted by Gasteiger charge is 2.15. The summed E-state index contributed by atoms with van der Waals surface area (Å²) in [5, 5.41) is 2.52. The van der Waals surface area contributed by atoms with Gasteiger partial charge in [0.2, 0.25) is 0 Å². The van der Waals surface area contributed by atoms with Crippen LogP contribution in [0.25, 0.3) is 22.0 Å². The summed E-state index contributed by atoms with van der Waals surface area (Å²) in [7, 11) is 0. The molecular formula is C26H21ClN2O2S. The molecule has 0 N–H and O–H groups in total. The Bertz CT molecular complexity index is 1510. The van der Waals surface area contributed by atoms with E-state index < -0.39 is 0 Å². The van der Waals surface area contributed by atoms with Gasteiger partial charge in [0.15, 0.2) is 5.16 Å². The topological polar surface area (TPSA) is 48.0 Å². The molecule has 2 aromatic heterocycles. The minimum absolute atomic E-state index is 0.327. The molecule has 5 aromatic rings. The molecule has 3 aromatic carbocycles. The van der Waals surface area contributed by atoms with Crippen molar-refractivity contribution in [1.29, 1.82) is 0 Å². The van der Waals surface area contributed by atoms with Gasteiger partial charge in [-0.1, -0.05) is 65.8 Å². The second-order valence-corrected chi connectivity index (χ2v) is 9.24. The molecular weight excluding hydrogens is 440 g/mol. The van der Waals surface area contributed by atoms with E-state index in [1.807, 2.05) is 56.3 Å². The smallest absolute Gasteiger partial charge is 0.336 e. The predicted molar refractivity (Wildman–Crippen MR) is 132 cm³/mol. The van der Waals surface area contributed by atoms with Gasteiger partial charge in [-0.15, -0.1) is 0 Å². The van der Waals surface area contributed by atoms with E-state index in [1.54, 1.807) is 17.8 Å². The summed E-state index contributed by atoms with van der Waals surface area (Å²) >= 11 is 7.84. The predicted octanol–water partition coefficient (Wildman–Crippen LogP) is 6.75. The number of thioether (sulfide) groups is 1. The Morgan fingerprint density at radius 3 is 2.66 bits per heavy atom. The molecule has 6 heteroatoms. The van der Waals surface area contributed by atoms with Crippen LogP contribution < -0.4 is 5.63 Å². The number of hydrogen-bond donors (Lipinski definition) is 0. The number of halogens is 1. The van der Waals surface area contributed by atoms with Gasteiger partial charge >= 0.3 is 5.63 Å². The number of aromatic nitrogens is 2. The Labute approximate surface area is 194 Å². The van der Waals surface area contributed by atoms with Crippen molar-refractivity contribution in [2.45, 2.75) is 31.3 Å². The zero-order valence-corrected chi connectivity index (χ0v) is 19.3. The van der Waals surface area contributed by atoms with Gasteiger partial charge in [0.25, 0.3) is 0 Å². The highest BCUT2D eigenvalue weighted by Crippen LogP contribution is 2.31. The number of hydrogen-bond acceptors (Lipinski definition) is 4. The third kappa shape index (κ3) is 3.94. The van der Waals surface area contributed by atoms with Crippen LogP contribution in [0.3, 0.4) is 0 Å². The largest absolute Gasteiger partial charge is 0.422 e. The molecule has 0 unspecified atom stereocenters. The molecule has 0 saturated heterocycles. The van der Waals surface area contributed by atoms with Crippen LogP contribution in [0.2, 0.25) is 5.02 Å². The molecule has 4 nitrogen and oxygen atoms in total. The molecule has 0 atom stereocenters. The lowest BCUT2D eigenvalue weighted by molar-refractivity contribution is 0.557. The van der Waals surface area contributed by atoms with Crippen LogP contribution >= 0.6 is 23.4 Å². The number of rotatable bonds is 5. The van der Waals surface area contributed by atoms with E-state index in [4.69, 9.17) is 21.0 Å². The van der Waals surface area contributed by atoms with E-state index in [-0.39, 0.29) is 5.63 Å². The molecule has 2 heterocycles. The highest BCUT2D eigenvalue weighted by molar-refractivity contribution is 7.98. The summed E-state index contributed by atoms with van der Waals surface area (Å²) in [5.41, 5.74) is 6.47. The van der Waals surface area contributed by atoms with E-state index in [0.717, 1.165) is 38.3 Å². The standard InChI is InChI=1S/C26H21ClN2O2S/c1-16-8-10-21-19(12-24(30)31-25(21)17(16)2)15-32-26-28-22-13-20(27)9-11-23(22)29(26)14-18-6-4-3-5-7-18/h3-13H,14-15H2,1-2H3. The third-order valence-electron chi connectivity index (χ3n) is 5.73. The molecule has 0 amide bonds. The van der Waals surface area contributed by atoms with Gasteiger partial charge in [0.05, 0.1) is 17.6 Å². The van der Waals surface area contributed by atoms with Crippen molar-refractivity contribution in [2.24, 2.45) is 0 Å². The Morgan fingerprint density at radius 1 is 1.03 bits per heavy atom. The van der Waals surface area contributed by atoms with Gasteiger partial charge in [-0.2, -0.15) is 0 Å². The van der Waals surface area contributed by atoms with Crippen LogP contribution in [-0.2, 0) is 12.3 Å².